The molecule has 2 atom stereocenters. The second kappa shape index (κ2) is 5.53. The molecule has 0 fully saturated rings. The zero-order valence-corrected chi connectivity index (χ0v) is 8.81. The fourth-order valence-electron chi connectivity index (χ4n) is 1.95. The van der Waals surface area contributed by atoms with Gasteiger partial charge in [0.2, 0.25) is 0 Å². The fraction of sp³-hybridized carbons (Fsp3) is 0.636. The van der Waals surface area contributed by atoms with E-state index < -0.39 is 5.97 Å². The number of aliphatic carboxylic acids is 1. The molecule has 0 aliphatic heterocycles. The summed E-state index contributed by atoms with van der Waals surface area (Å²) in [5, 5.41) is 8.73. The SMILES string of the molecule is COC(=O)C[C@@H]1CC=CC[C@@H]1CC(=O)O. The molecule has 1 aliphatic rings. The molecular weight excluding hydrogens is 196 g/mol. The number of carbonyl (C=O) groups excluding carboxylic acids is 1. The first-order valence-electron chi connectivity index (χ1n) is 5.07. The first kappa shape index (κ1) is 11.8. The van der Waals surface area contributed by atoms with E-state index in [4.69, 9.17) is 5.11 Å². The standard InChI is InChI=1S/C11H16O4/c1-15-11(14)7-9-5-3-2-4-8(9)6-10(12)13/h2-3,8-9H,4-7H2,1H3,(H,12,13)/t8-,9+/m1/s1. The van der Waals surface area contributed by atoms with Gasteiger partial charge in [0.1, 0.15) is 0 Å². The molecule has 0 saturated heterocycles. The highest BCUT2D eigenvalue weighted by Crippen LogP contribution is 2.31. The molecule has 4 heteroatoms. The third-order valence-electron chi connectivity index (χ3n) is 2.80. The molecule has 0 bridgehead atoms. The van der Waals surface area contributed by atoms with Gasteiger partial charge in [0.25, 0.3) is 0 Å². The third-order valence-corrected chi connectivity index (χ3v) is 2.80. The summed E-state index contributed by atoms with van der Waals surface area (Å²) in [6.07, 6.45) is 5.96. The maximum Gasteiger partial charge on any atom is 0.305 e. The Bertz CT molecular complexity index is 270. The number of esters is 1. The van der Waals surface area contributed by atoms with Crippen LogP contribution in [0, 0.1) is 11.8 Å². The predicted octanol–water partition coefficient (Wildman–Crippen LogP) is 1.61. The number of hydrogen-bond donors (Lipinski definition) is 1. The predicted molar refractivity (Wildman–Crippen MR) is 54.2 cm³/mol. The Morgan fingerprint density at radius 3 is 2.27 bits per heavy atom. The second-order valence-electron chi connectivity index (χ2n) is 3.84. The van der Waals surface area contributed by atoms with Crippen LogP contribution in [0.2, 0.25) is 0 Å². The van der Waals surface area contributed by atoms with Crippen molar-refractivity contribution in [3.63, 3.8) is 0 Å². The van der Waals surface area contributed by atoms with Gasteiger partial charge >= 0.3 is 11.9 Å². The minimum absolute atomic E-state index is 0.0617. The van der Waals surface area contributed by atoms with Crippen LogP contribution in [0.4, 0.5) is 0 Å². The molecule has 15 heavy (non-hydrogen) atoms. The van der Waals surface area contributed by atoms with Crippen LogP contribution in [0.15, 0.2) is 12.2 Å². The zero-order chi connectivity index (χ0) is 11.3. The summed E-state index contributed by atoms with van der Waals surface area (Å²) in [6, 6.07) is 0. The summed E-state index contributed by atoms with van der Waals surface area (Å²) in [4.78, 5) is 21.7. The van der Waals surface area contributed by atoms with Gasteiger partial charge < -0.3 is 9.84 Å². The van der Waals surface area contributed by atoms with Crippen LogP contribution in [0.3, 0.4) is 0 Å². The van der Waals surface area contributed by atoms with Crippen molar-refractivity contribution in [3.05, 3.63) is 12.2 Å². The molecule has 0 radical (unpaired) electrons. The smallest absolute Gasteiger partial charge is 0.305 e. The maximum atomic E-state index is 11.1. The first-order chi connectivity index (χ1) is 7.13. The first-order valence-corrected chi connectivity index (χ1v) is 5.07. The molecule has 0 aromatic heterocycles. The molecule has 0 spiro atoms. The Hall–Kier alpha value is -1.32. The minimum atomic E-state index is -0.801. The number of carboxylic acid groups (broad SMARTS) is 1. The van der Waals surface area contributed by atoms with Gasteiger partial charge in [-0.1, -0.05) is 12.2 Å². The van der Waals surface area contributed by atoms with Crippen molar-refractivity contribution >= 4 is 11.9 Å². The molecule has 0 heterocycles. The molecule has 0 unspecified atom stereocenters. The number of methoxy groups -OCH3 is 1. The van der Waals surface area contributed by atoms with Gasteiger partial charge in [0, 0.05) is 12.8 Å². The van der Waals surface area contributed by atoms with E-state index in [1.807, 2.05) is 12.2 Å². The van der Waals surface area contributed by atoms with Crippen molar-refractivity contribution in [2.45, 2.75) is 25.7 Å². The summed E-state index contributed by atoms with van der Waals surface area (Å²) in [6.45, 7) is 0. The topological polar surface area (TPSA) is 63.6 Å². The normalized spacial score (nSPS) is 24.9. The van der Waals surface area contributed by atoms with E-state index >= 15 is 0 Å². The van der Waals surface area contributed by atoms with Crippen LogP contribution in [0.5, 0.6) is 0 Å². The van der Waals surface area contributed by atoms with Gasteiger partial charge in [0.15, 0.2) is 0 Å². The van der Waals surface area contributed by atoms with Crippen molar-refractivity contribution < 1.29 is 19.4 Å². The van der Waals surface area contributed by atoms with Crippen molar-refractivity contribution in [3.8, 4) is 0 Å². The Kier molecular flexibility index (Phi) is 4.34. The lowest BCUT2D eigenvalue weighted by molar-refractivity contribution is -0.144. The van der Waals surface area contributed by atoms with E-state index in [1.165, 1.54) is 7.11 Å². The second-order valence-corrected chi connectivity index (χ2v) is 3.84. The quantitative estimate of drug-likeness (QED) is 0.568. The maximum absolute atomic E-state index is 11.1. The molecule has 1 aliphatic carbocycles. The summed E-state index contributed by atoms with van der Waals surface area (Å²) in [7, 11) is 1.35. The monoisotopic (exact) mass is 212 g/mol. The van der Waals surface area contributed by atoms with Crippen molar-refractivity contribution in [1.82, 2.24) is 0 Å². The number of ether oxygens (including phenoxy) is 1. The molecule has 1 N–H and O–H groups in total. The Morgan fingerprint density at radius 1 is 1.27 bits per heavy atom. The van der Waals surface area contributed by atoms with Crippen LogP contribution in [0.1, 0.15) is 25.7 Å². The minimum Gasteiger partial charge on any atom is -0.481 e. The molecule has 4 nitrogen and oxygen atoms in total. The van der Waals surface area contributed by atoms with E-state index in [0.29, 0.717) is 6.42 Å². The highest BCUT2D eigenvalue weighted by Gasteiger charge is 2.26. The van der Waals surface area contributed by atoms with Crippen molar-refractivity contribution in [2.24, 2.45) is 11.8 Å². The van der Waals surface area contributed by atoms with Crippen LogP contribution in [-0.4, -0.2) is 24.2 Å². The van der Waals surface area contributed by atoms with Crippen LogP contribution < -0.4 is 0 Å². The van der Waals surface area contributed by atoms with Gasteiger partial charge in [-0.3, -0.25) is 9.59 Å². The fourth-order valence-corrected chi connectivity index (χ4v) is 1.95. The number of rotatable bonds is 4. The van der Waals surface area contributed by atoms with Gasteiger partial charge in [-0.2, -0.15) is 0 Å². The third kappa shape index (κ3) is 3.73. The van der Waals surface area contributed by atoms with E-state index in [0.717, 1.165) is 12.8 Å². The van der Waals surface area contributed by atoms with E-state index in [9.17, 15) is 9.59 Å². The lowest BCUT2D eigenvalue weighted by atomic mass is 9.79. The average Bonchev–Trinajstić information content (AvgIpc) is 2.20. The lowest BCUT2D eigenvalue weighted by Crippen LogP contribution is -2.23. The molecule has 0 aromatic carbocycles. The average molecular weight is 212 g/mol. The Balaban J connectivity index is 2.54. The zero-order valence-electron chi connectivity index (χ0n) is 8.81. The number of carboxylic acids is 1. The van der Waals surface area contributed by atoms with Gasteiger partial charge in [-0.25, -0.2) is 0 Å². The van der Waals surface area contributed by atoms with Crippen molar-refractivity contribution in [1.29, 1.82) is 0 Å². The highest BCUT2D eigenvalue weighted by molar-refractivity contribution is 5.70. The number of allylic oxidation sites excluding steroid dienone is 2. The molecular formula is C11H16O4. The molecule has 0 aromatic rings. The summed E-state index contributed by atoms with van der Waals surface area (Å²) < 4.78 is 4.60. The summed E-state index contributed by atoms with van der Waals surface area (Å²) in [5.41, 5.74) is 0. The Morgan fingerprint density at radius 2 is 1.80 bits per heavy atom. The van der Waals surface area contributed by atoms with Gasteiger partial charge in [-0.15, -0.1) is 0 Å². The molecule has 84 valence electrons. The summed E-state index contributed by atoms with van der Waals surface area (Å²) in [5.74, 6) is -0.888. The highest BCUT2D eigenvalue weighted by atomic mass is 16.5. The van der Waals surface area contributed by atoms with Crippen LogP contribution in [0.25, 0.3) is 0 Å². The van der Waals surface area contributed by atoms with E-state index in [-0.39, 0.29) is 24.2 Å². The molecule has 0 amide bonds. The van der Waals surface area contributed by atoms with Crippen LogP contribution >= 0.6 is 0 Å². The van der Waals surface area contributed by atoms with Gasteiger partial charge in [-0.05, 0) is 24.7 Å². The largest absolute Gasteiger partial charge is 0.481 e. The number of carbonyl (C=O) groups is 2. The molecule has 0 saturated carbocycles. The lowest BCUT2D eigenvalue weighted by Gasteiger charge is -2.26. The number of hydrogen-bond acceptors (Lipinski definition) is 3. The van der Waals surface area contributed by atoms with Crippen LogP contribution in [-0.2, 0) is 14.3 Å². The van der Waals surface area contributed by atoms with Crippen molar-refractivity contribution in [2.75, 3.05) is 7.11 Å². The molecule has 1 rings (SSSR count). The van der Waals surface area contributed by atoms with Gasteiger partial charge in [0.05, 0.1) is 7.11 Å². The summed E-state index contributed by atoms with van der Waals surface area (Å²) >= 11 is 0. The Labute approximate surface area is 88.9 Å². The van der Waals surface area contributed by atoms with E-state index in [1.54, 1.807) is 0 Å². The van der Waals surface area contributed by atoms with E-state index in [2.05, 4.69) is 4.74 Å².